The molecule has 1 aliphatic rings. The van der Waals surface area contributed by atoms with Gasteiger partial charge in [0.05, 0.1) is 0 Å². The molecule has 1 heterocycles. The molecule has 1 saturated heterocycles. The van der Waals surface area contributed by atoms with Crippen LogP contribution in [0, 0.1) is 6.67 Å². The van der Waals surface area contributed by atoms with Crippen LogP contribution in [0.25, 0.3) is 0 Å². The molecule has 0 spiro atoms. The lowest BCUT2D eigenvalue weighted by Crippen LogP contribution is -2.32. The van der Waals surface area contributed by atoms with Gasteiger partial charge in [-0.15, -0.1) is 0 Å². The molecule has 2 radical (unpaired) electrons. The second kappa shape index (κ2) is 7.76. The first-order chi connectivity index (χ1) is 12.8. The van der Waals surface area contributed by atoms with E-state index >= 15 is 0 Å². The topological polar surface area (TPSA) is 6.48 Å². The third kappa shape index (κ3) is 3.51. The predicted molar refractivity (Wildman–Crippen MR) is 108 cm³/mol. The third-order valence-electron chi connectivity index (χ3n) is 5.16. The molecule has 2 heteroatoms. The Labute approximate surface area is 156 Å². The number of benzene rings is 3. The van der Waals surface area contributed by atoms with E-state index in [9.17, 15) is 0 Å². The molecule has 0 bridgehead atoms. The van der Waals surface area contributed by atoms with E-state index in [0.29, 0.717) is 12.1 Å². The van der Waals surface area contributed by atoms with Crippen molar-refractivity contribution >= 4 is 5.69 Å². The number of likely N-dealkylation sites (tertiary alicyclic amines) is 1. The molecule has 0 unspecified atom stereocenters. The van der Waals surface area contributed by atoms with Gasteiger partial charge in [-0.1, -0.05) is 78.9 Å². The van der Waals surface area contributed by atoms with E-state index in [1.54, 1.807) is 0 Å². The average Bonchev–Trinajstić information content (AvgIpc) is 3.13. The second-order valence-electron chi connectivity index (χ2n) is 6.83. The van der Waals surface area contributed by atoms with E-state index in [4.69, 9.17) is 0 Å². The predicted octanol–water partition coefficient (Wildman–Crippen LogP) is 5.70. The molecule has 1 fully saturated rings. The van der Waals surface area contributed by atoms with E-state index in [1.165, 1.54) is 11.1 Å². The molecule has 130 valence electrons. The summed E-state index contributed by atoms with van der Waals surface area (Å²) in [6.07, 6.45) is 2.28. The van der Waals surface area contributed by atoms with Gasteiger partial charge < -0.3 is 4.90 Å². The Morgan fingerprint density at radius 3 is 1.58 bits per heavy atom. The van der Waals surface area contributed by atoms with Gasteiger partial charge in [-0.2, -0.15) is 0 Å². The van der Waals surface area contributed by atoms with Crippen LogP contribution in [0.4, 0.5) is 5.69 Å². The van der Waals surface area contributed by atoms with Crippen LogP contribution < -0.4 is 4.90 Å². The molecule has 0 saturated carbocycles. The van der Waals surface area contributed by atoms with Crippen LogP contribution in [0.3, 0.4) is 0 Å². The number of rotatable bonds is 5. The maximum absolute atomic E-state index is 3.66. The summed E-state index contributed by atoms with van der Waals surface area (Å²) in [5.41, 5.74) is 3.87. The average molecular weight is 340 g/mol. The summed E-state index contributed by atoms with van der Waals surface area (Å²) >= 11 is 0. The highest BCUT2D eigenvalue weighted by Gasteiger charge is 2.36. The van der Waals surface area contributed by atoms with Crippen LogP contribution >= 0.6 is 0 Å². The molecule has 2 nitrogen and oxygen atoms in total. The molecule has 0 amide bonds. The zero-order valence-corrected chi connectivity index (χ0v) is 15.1. The first kappa shape index (κ1) is 16.9. The van der Waals surface area contributed by atoms with Crippen molar-refractivity contribution in [2.75, 3.05) is 11.9 Å². The lowest BCUT2D eigenvalue weighted by Gasteiger charge is -2.33. The Morgan fingerprint density at radius 1 is 0.692 bits per heavy atom. The summed E-state index contributed by atoms with van der Waals surface area (Å²) in [6.45, 7) is 3.66. The molecular formula is C24H24N2. The number of anilines is 1. The van der Waals surface area contributed by atoms with Crippen LogP contribution in [0.1, 0.15) is 36.1 Å². The second-order valence-corrected chi connectivity index (χ2v) is 6.83. The van der Waals surface area contributed by atoms with Gasteiger partial charge in [0.25, 0.3) is 0 Å². The fraction of sp³-hybridized carbons (Fsp3) is 0.208. The van der Waals surface area contributed by atoms with Gasteiger partial charge in [-0.3, -0.25) is 4.90 Å². The Morgan fingerprint density at radius 2 is 1.12 bits per heavy atom. The first-order valence-electron chi connectivity index (χ1n) is 9.26. The number of hydrogen-bond acceptors (Lipinski definition) is 2. The summed E-state index contributed by atoms with van der Waals surface area (Å²) in [7, 11) is 2.08. The Hall–Kier alpha value is -2.58. The normalized spacial score (nSPS) is 20.2. The van der Waals surface area contributed by atoms with Gasteiger partial charge in [0.1, 0.15) is 0 Å². The number of hydrogen-bond donors (Lipinski definition) is 0. The fourth-order valence-corrected chi connectivity index (χ4v) is 3.84. The van der Waals surface area contributed by atoms with Crippen LogP contribution in [0.15, 0.2) is 91.0 Å². The summed E-state index contributed by atoms with van der Waals surface area (Å²) in [5, 5.41) is 0. The molecule has 3 aromatic rings. The summed E-state index contributed by atoms with van der Waals surface area (Å²) in [4.78, 5) is 4.52. The zero-order valence-electron chi connectivity index (χ0n) is 15.1. The molecule has 3 aromatic carbocycles. The van der Waals surface area contributed by atoms with Crippen molar-refractivity contribution in [3.05, 3.63) is 109 Å². The molecule has 26 heavy (non-hydrogen) atoms. The van der Waals surface area contributed by atoms with E-state index in [0.717, 1.165) is 18.5 Å². The van der Waals surface area contributed by atoms with Gasteiger partial charge in [0, 0.05) is 24.8 Å². The van der Waals surface area contributed by atoms with Crippen molar-refractivity contribution in [1.29, 1.82) is 0 Å². The molecule has 0 aliphatic carbocycles. The molecule has 1 aliphatic heterocycles. The minimum absolute atomic E-state index is 0.354. The Bertz CT molecular complexity index is 754. The van der Waals surface area contributed by atoms with Crippen molar-refractivity contribution in [3.8, 4) is 0 Å². The van der Waals surface area contributed by atoms with Gasteiger partial charge in [-0.25, -0.2) is 0 Å². The fourth-order valence-electron chi connectivity index (χ4n) is 3.84. The minimum atomic E-state index is 0.354. The van der Waals surface area contributed by atoms with Gasteiger partial charge in [0.15, 0.2) is 6.67 Å². The SMILES string of the molecule is CN([C]N1[C@@H](c2ccccc2)CC[C@@H]1c1ccccc1)c1ccccc1. The van der Waals surface area contributed by atoms with Crippen molar-refractivity contribution < 1.29 is 0 Å². The Kier molecular flexibility index (Phi) is 5.03. The van der Waals surface area contributed by atoms with Gasteiger partial charge in [-0.05, 0) is 36.1 Å². The summed E-state index contributed by atoms with van der Waals surface area (Å²) in [5.74, 6) is 0. The standard InChI is InChI=1S/C24H24N2/c1-25(22-15-9-4-10-16-22)19-26-23(20-11-5-2-6-12-20)17-18-24(26)21-13-7-3-8-14-21/h2-16,23-24H,17-18H2,1H3/t23-,24-/m1/s1. The summed E-state index contributed by atoms with van der Waals surface area (Å²) in [6, 6.07) is 32.8. The molecule has 4 rings (SSSR count). The first-order valence-corrected chi connectivity index (χ1v) is 9.26. The molecule has 2 atom stereocenters. The van der Waals surface area contributed by atoms with Crippen molar-refractivity contribution in [3.63, 3.8) is 0 Å². The van der Waals surface area contributed by atoms with E-state index in [2.05, 4.69) is 108 Å². The monoisotopic (exact) mass is 340 g/mol. The zero-order chi connectivity index (χ0) is 17.8. The van der Waals surface area contributed by atoms with Gasteiger partial charge in [0.2, 0.25) is 0 Å². The van der Waals surface area contributed by atoms with Crippen LogP contribution in [0.5, 0.6) is 0 Å². The molecule has 0 aromatic heterocycles. The number of nitrogens with zero attached hydrogens (tertiary/aromatic N) is 2. The van der Waals surface area contributed by atoms with Crippen molar-refractivity contribution in [2.45, 2.75) is 24.9 Å². The quantitative estimate of drug-likeness (QED) is 0.550. The largest absolute Gasteiger partial charge is 0.350 e. The Balaban J connectivity index is 1.63. The maximum atomic E-state index is 3.66. The lowest BCUT2D eigenvalue weighted by atomic mass is 10.0. The van der Waals surface area contributed by atoms with Gasteiger partial charge >= 0.3 is 0 Å². The molecule has 0 N–H and O–H groups in total. The van der Waals surface area contributed by atoms with E-state index in [-0.39, 0.29) is 0 Å². The van der Waals surface area contributed by atoms with Crippen molar-refractivity contribution in [2.24, 2.45) is 0 Å². The minimum Gasteiger partial charge on any atom is -0.350 e. The molecular weight excluding hydrogens is 316 g/mol. The van der Waals surface area contributed by atoms with Crippen LogP contribution in [0.2, 0.25) is 0 Å². The van der Waals surface area contributed by atoms with Crippen LogP contribution in [-0.4, -0.2) is 11.9 Å². The highest BCUT2D eigenvalue weighted by atomic mass is 15.3. The smallest absolute Gasteiger partial charge is 0.178 e. The number of para-hydroxylation sites is 1. The lowest BCUT2D eigenvalue weighted by molar-refractivity contribution is 0.243. The highest BCUT2D eigenvalue weighted by Crippen LogP contribution is 2.45. The van der Waals surface area contributed by atoms with E-state index in [1.807, 2.05) is 6.07 Å². The maximum Gasteiger partial charge on any atom is 0.178 e. The van der Waals surface area contributed by atoms with Crippen LogP contribution in [-0.2, 0) is 0 Å². The summed E-state index contributed by atoms with van der Waals surface area (Å²) < 4.78 is 0. The van der Waals surface area contributed by atoms with E-state index < -0.39 is 0 Å². The third-order valence-corrected chi connectivity index (χ3v) is 5.16. The highest BCUT2D eigenvalue weighted by molar-refractivity contribution is 5.47. The van der Waals surface area contributed by atoms with Crippen molar-refractivity contribution in [1.82, 2.24) is 4.90 Å².